The van der Waals surface area contributed by atoms with E-state index in [-0.39, 0.29) is 0 Å². The maximum atomic E-state index is 5.90. The van der Waals surface area contributed by atoms with Gasteiger partial charge in [0.15, 0.2) is 0 Å². The first-order chi connectivity index (χ1) is 7.15. The molecular weight excluding hydrogens is 188 g/mol. The topological polar surface area (TPSA) is 47.3 Å². The van der Waals surface area contributed by atoms with E-state index in [9.17, 15) is 0 Å². The lowest BCUT2D eigenvalue weighted by atomic mass is 10.2. The van der Waals surface area contributed by atoms with Gasteiger partial charge >= 0.3 is 0 Å². The SMILES string of the molecule is COc1cccc(NCC=C(C)C)c1N. The van der Waals surface area contributed by atoms with E-state index in [1.54, 1.807) is 7.11 Å². The van der Waals surface area contributed by atoms with Crippen LogP contribution in [0.4, 0.5) is 11.4 Å². The Morgan fingerprint density at radius 3 is 2.80 bits per heavy atom. The van der Waals surface area contributed by atoms with Crippen LogP contribution in [0.1, 0.15) is 13.8 Å². The third-order valence-electron chi connectivity index (χ3n) is 2.09. The van der Waals surface area contributed by atoms with Crippen molar-refractivity contribution in [2.45, 2.75) is 13.8 Å². The van der Waals surface area contributed by atoms with E-state index in [0.717, 1.165) is 12.2 Å². The van der Waals surface area contributed by atoms with Crippen molar-refractivity contribution in [1.82, 2.24) is 0 Å². The number of hydrogen-bond donors (Lipinski definition) is 2. The number of nitrogen functional groups attached to an aromatic ring is 1. The number of methoxy groups -OCH3 is 1. The predicted molar refractivity (Wildman–Crippen MR) is 65.3 cm³/mol. The monoisotopic (exact) mass is 206 g/mol. The Morgan fingerprint density at radius 1 is 1.47 bits per heavy atom. The van der Waals surface area contributed by atoms with Crippen molar-refractivity contribution in [3.05, 3.63) is 29.8 Å². The number of allylic oxidation sites excluding steroid dienone is 1. The average molecular weight is 206 g/mol. The Morgan fingerprint density at radius 2 is 2.20 bits per heavy atom. The van der Waals surface area contributed by atoms with Crippen LogP contribution in [0.25, 0.3) is 0 Å². The van der Waals surface area contributed by atoms with E-state index in [2.05, 4.69) is 25.2 Å². The lowest BCUT2D eigenvalue weighted by molar-refractivity contribution is 0.417. The van der Waals surface area contributed by atoms with Gasteiger partial charge in [-0.25, -0.2) is 0 Å². The van der Waals surface area contributed by atoms with Crippen LogP contribution in [0.2, 0.25) is 0 Å². The Labute approximate surface area is 90.9 Å². The van der Waals surface area contributed by atoms with Gasteiger partial charge in [-0.2, -0.15) is 0 Å². The van der Waals surface area contributed by atoms with Crippen LogP contribution in [-0.4, -0.2) is 13.7 Å². The smallest absolute Gasteiger partial charge is 0.143 e. The third kappa shape index (κ3) is 3.20. The van der Waals surface area contributed by atoms with Crippen molar-refractivity contribution in [3.63, 3.8) is 0 Å². The summed E-state index contributed by atoms with van der Waals surface area (Å²) in [6, 6.07) is 5.71. The number of benzene rings is 1. The van der Waals surface area contributed by atoms with Gasteiger partial charge in [-0.1, -0.05) is 17.7 Å². The first-order valence-corrected chi connectivity index (χ1v) is 4.95. The molecule has 1 aromatic carbocycles. The lowest BCUT2D eigenvalue weighted by Gasteiger charge is -2.10. The van der Waals surface area contributed by atoms with Gasteiger partial charge in [-0.05, 0) is 26.0 Å². The van der Waals surface area contributed by atoms with Crippen molar-refractivity contribution in [2.24, 2.45) is 0 Å². The first kappa shape index (κ1) is 11.4. The minimum atomic E-state index is 0.655. The Bertz CT molecular complexity index is 355. The standard InChI is InChI=1S/C12H18N2O/c1-9(2)7-8-14-10-5-4-6-11(15-3)12(10)13/h4-7,14H,8,13H2,1-3H3. The lowest BCUT2D eigenvalue weighted by Crippen LogP contribution is -2.03. The van der Waals surface area contributed by atoms with Gasteiger partial charge in [0.1, 0.15) is 5.75 Å². The molecule has 3 N–H and O–H groups in total. The van der Waals surface area contributed by atoms with Crippen LogP contribution >= 0.6 is 0 Å². The second-order valence-electron chi connectivity index (χ2n) is 3.58. The quantitative estimate of drug-likeness (QED) is 0.588. The molecule has 0 aliphatic carbocycles. The molecule has 15 heavy (non-hydrogen) atoms. The molecular formula is C12H18N2O. The number of rotatable bonds is 4. The Hall–Kier alpha value is -1.64. The summed E-state index contributed by atoms with van der Waals surface area (Å²) in [7, 11) is 1.62. The van der Waals surface area contributed by atoms with Crippen molar-refractivity contribution < 1.29 is 4.74 Å². The van der Waals surface area contributed by atoms with E-state index in [0.29, 0.717) is 11.4 Å². The molecule has 0 saturated carbocycles. The molecule has 0 bridgehead atoms. The fourth-order valence-electron chi connectivity index (χ4n) is 1.24. The predicted octanol–water partition coefficient (Wildman–Crippen LogP) is 2.66. The average Bonchev–Trinajstić information content (AvgIpc) is 2.20. The molecule has 0 unspecified atom stereocenters. The Balaban J connectivity index is 2.73. The van der Waals surface area contributed by atoms with Gasteiger partial charge in [0.2, 0.25) is 0 Å². The number of nitrogens with one attached hydrogen (secondary N) is 1. The summed E-state index contributed by atoms with van der Waals surface area (Å²) in [6.45, 7) is 4.91. The molecule has 3 nitrogen and oxygen atoms in total. The number of hydrogen-bond acceptors (Lipinski definition) is 3. The molecule has 0 aromatic heterocycles. The summed E-state index contributed by atoms with van der Waals surface area (Å²) >= 11 is 0. The molecule has 1 rings (SSSR count). The molecule has 0 spiro atoms. The van der Waals surface area contributed by atoms with Crippen LogP contribution in [0.15, 0.2) is 29.8 Å². The summed E-state index contributed by atoms with van der Waals surface area (Å²) in [6.07, 6.45) is 2.11. The maximum absolute atomic E-state index is 5.90. The summed E-state index contributed by atoms with van der Waals surface area (Å²) in [5, 5.41) is 3.24. The van der Waals surface area contributed by atoms with E-state index in [1.165, 1.54) is 5.57 Å². The molecule has 0 aliphatic rings. The number of anilines is 2. The maximum Gasteiger partial charge on any atom is 0.143 e. The van der Waals surface area contributed by atoms with Crippen LogP contribution in [0.3, 0.4) is 0 Å². The highest BCUT2D eigenvalue weighted by Crippen LogP contribution is 2.28. The van der Waals surface area contributed by atoms with E-state index in [1.807, 2.05) is 18.2 Å². The molecule has 0 amide bonds. The van der Waals surface area contributed by atoms with Gasteiger partial charge in [0.25, 0.3) is 0 Å². The zero-order valence-corrected chi connectivity index (χ0v) is 9.50. The van der Waals surface area contributed by atoms with E-state index < -0.39 is 0 Å². The van der Waals surface area contributed by atoms with Crippen LogP contribution in [0.5, 0.6) is 5.75 Å². The summed E-state index contributed by atoms with van der Waals surface area (Å²) in [5.74, 6) is 0.706. The molecule has 1 aromatic rings. The third-order valence-corrected chi connectivity index (χ3v) is 2.09. The zero-order valence-electron chi connectivity index (χ0n) is 9.50. The van der Waals surface area contributed by atoms with E-state index in [4.69, 9.17) is 10.5 Å². The fourth-order valence-corrected chi connectivity index (χ4v) is 1.24. The van der Waals surface area contributed by atoms with Crippen molar-refractivity contribution in [2.75, 3.05) is 24.7 Å². The molecule has 0 fully saturated rings. The number of ether oxygens (including phenoxy) is 1. The van der Waals surface area contributed by atoms with Gasteiger partial charge < -0.3 is 15.8 Å². The molecule has 0 heterocycles. The Kier molecular flexibility index (Phi) is 4.03. The minimum Gasteiger partial charge on any atom is -0.495 e. The highest BCUT2D eigenvalue weighted by Gasteiger charge is 2.02. The summed E-state index contributed by atoms with van der Waals surface area (Å²) in [4.78, 5) is 0. The van der Waals surface area contributed by atoms with Gasteiger partial charge in [0.05, 0.1) is 18.5 Å². The largest absolute Gasteiger partial charge is 0.495 e. The molecule has 82 valence electrons. The van der Waals surface area contributed by atoms with Gasteiger partial charge in [-0.3, -0.25) is 0 Å². The van der Waals surface area contributed by atoms with Gasteiger partial charge in [-0.15, -0.1) is 0 Å². The van der Waals surface area contributed by atoms with E-state index >= 15 is 0 Å². The second-order valence-corrected chi connectivity index (χ2v) is 3.58. The summed E-state index contributed by atoms with van der Waals surface area (Å²) < 4.78 is 5.13. The first-order valence-electron chi connectivity index (χ1n) is 4.95. The van der Waals surface area contributed by atoms with Crippen LogP contribution in [0, 0.1) is 0 Å². The zero-order chi connectivity index (χ0) is 11.3. The van der Waals surface area contributed by atoms with Crippen LogP contribution < -0.4 is 15.8 Å². The second kappa shape index (κ2) is 5.29. The highest BCUT2D eigenvalue weighted by molar-refractivity contribution is 5.73. The van der Waals surface area contributed by atoms with Crippen LogP contribution in [-0.2, 0) is 0 Å². The van der Waals surface area contributed by atoms with Gasteiger partial charge in [0, 0.05) is 6.54 Å². The number of para-hydroxylation sites is 1. The molecule has 3 heteroatoms. The summed E-state index contributed by atoms with van der Waals surface area (Å²) in [5.41, 5.74) is 8.75. The minimum absolute atomic E-state index is 0.655. The molecule has 0 atom stereocenters. The van der Waals surface area contributed by atoms with Crippen molar-refractivity contribution >= 4 is 11.4 Å². The van der Waals surface area contributed by atoms with Crippen molar-refractivity contribution in [1.29, 1.82) is 0 Å². The van der Waals surface area contributed by atoms with Crippen molar-refractivity contribution in [3.8, 4) is 5.75 Å². The molecule has 0 saturated heterocycles. The normalized spacial score (nSPS) is 9.53. The highest BCUT2D eigenvalue weighted by atomic mass is 16.5. The fraction of sp³-hybridized carbons (Fsp3) is 0.333. The molecule has 0 radical (unpaired) electrons. The molecule has 0 aliphatic heterocycles. The number of nitrogens with two attached hydrogens (primary N) is 1.